The number of aromatic nitrogens is 4. The van der Waals surface area contributed by atoms with E-state index in [0.29, 0.717) is 23.7 Å². The summed E-state index contributed by atoms with van der Waals surface area (Å²) in [5.74, 6) is 0.556. The molecule has 0 N–H and O–H groups in total. The molecule has 146 valence electrons. The van der Waals surface area contributed by atoms with Crippen molar-refractivity contribution in [2.24, 2.45) is 12.1 Å². The van der Waals surface area contributed by atoms with Crippen LogP contribution in [0.5, 0.6) is 0 Å². The van der Waals surface area contributed by atoms with E-state index in [4.69, 9.17) is 0 Å². The molecule has 0 amide bonds. The number of aryl methyl sites for hydroxylation is 1. The molecule has 0 saturated carbocycles. The molecule has 2 aromatic heterocycles. The number of nitrogens with zero attached hydrogens (tertiary/aromatic N) is 6. The fourth-order valence-electron chi connectivity index (χ4n) is 4.06. The van der Waals surface area contributed by atoms with E-state index in [9.17, 15) is 9.59 Å². The Morgan fingerprint density at radius 2 is 1.79 bits per heavy atom. The van der Waals surface area contributed by atoms with Crippen LogP contribution in [0.1, 0.15) is 12.5 Å². The van der Waals surface area contributed by atoms with Crippen molar-refractivity contribution in [2.75, 3.05) is 12.1 Å². The van der Waals surface area contributed by atoms with Crippen LogP contribution in [0.4, 0.5) is 5.95 Å². The Morgan fingerprint density at radius 3 is 2.62 bits per heavy atom. The summed E-state index contributed by atoms with van der Waals surface area (Å²) in [5, 5.41) is 8.14. The van der Waals surface area contributed by atoms with Crippen molar-refractivity contribution in [1.82, 2.24) is 18.7 Å². The number of anilines is 1. The van der Waals surface area contributed by atoms with Gasteiger partial charge in [-0.3, -0.25) is 18.5 Å². The molecular formula is C21H20N6O2. The van der Waals surface area contributed by atoms with Crippen LogP contribution in [0.15, 0.2) is 57.2 Å². The van der Waals surface area contributed by atoms with E-state index in [-0.39, 0.29) is 17.8 Å². The van der Waals surface area contributed by atoms with Crippen LogP contribution in [-0.4, -0.2) is 31.4 Å². The van der Waals surface area contributed by atoms with Gasteiger partial charge in [-0.15, -0.1) is 0 Å². The smallest absolute Gasteiger partial charge is 0.297 e. The number of hydrogen-bond acceptors (Lipinski definition) is 5. The molecule has 0 saturated heterocycles. The molecule has 1 aliphatic rings. The van der Waals surface area contributed by atoms with Crippen LogP contribution in [0.2, 0.25) is 0 Å². The van der Waals surface area contributed by atoms with Gasteiger partial charge in [-0.2, -0.15) is 10.1 Å². The number of hydrazone groups is 1. The summed E-state index contributed by atoms with van der Waals surface area (Å²) in [6.45, 7) is 2.58. The molecule has 8 heteroatoms. The highest BCUT2D eigenvalue weighted by atomic mass is 16.2. The van der Waals surface area contributed by atoms with Crippen molar-refractivity contribution in [1.29, 1.82) is 0 Å². The number of benzene rings is 2. The average Bonchev–Trinajstić information content (AvgIpc) is 3.10. The zero-order chi connectivity index (χ0) is 20.3. The number of imidazole rings is 1. The number of rotatable bonds is 2. The molecular weight excluding hydrogens is 368 g/mol. The largest absolute Gasteiger partial charge is 0.332 e. The Hall–Kier alpha value is -3.68. The van der Waals surface area contributed by atoms with Crippen molar-refractivity contribution in [3.05, 3.63) is 68.9 Å². The molecule has 8 nitrogen and oxygen atoms in total. The lowest BCUT2D eigenvalue weighted by molar-refractivity contribution is 0.656. The minimum absolute atomic E-state index is 0.201. The Labute approximate surface area is 165 Å². The third-order valence-electron chi connectivity index (χ3n) is 5.42. The normalized spacial score (nSPS) is 13.8. The maximum atomic E-state index is 13.4. The molecule has 29 heavy (non-hydrogen) atoms. The molecule has 0 unspecified atom stereocenters. The molecule has 1 aliphatic heterocycles. The highest BCUT2D eigenvalue weighted by Crippen LogP contribution is 2.23. The van der Waals surface area contributed by atoms with Gasteiger partial charge < -0.3 is 0 Å². The minimum Gasteiger partial charge on any atom is -0.297 e. The quantitative estimate of drug-likeness (QED) is 0.526. The molecule has 4 aromatic rings. The lowest BCUT2D eigenvalue weighted by Crippen LogP contribution is -2.40. The summed E-state index contributed by atoms with van der Waals surface area (Å²) in [6, 6.07) is 13.9. The molecule has 0 aliphatic carbocycles. The summed E-state index contributed by atoms with van der Waals surface area (Å²) >= 11 is 0. The SMILES string of the molecule is CC1=NN(C)c2nc3c(c(=O)n(Cc4cccc5ccccc45)c(=O)n3C)n2C1. The molecule has 2 aromatic carbocycles. The lowest BCUT2D eigenvalue weighted by atomic mass is 10.0. The van der Waals surface area contributed by atoms with Gasteiger partial charge in [0.15, 0.2) is 11.2 Å². The fraction of sp³-hybridized carbons (Fsp3) is 0.238. The second-order valence-corrected chi connectivity index (χ2v) is 7.40. The van der Waals surface area contributed by atoms with Crippen molar-refractivity contribution < 1.29 is 0 Å². The number of fused-ring (bicyclic) bond motifs is 4. The average molecular weight is 388 g/mol. The molecule has 0 fully saturated rings. The Kier molecular flexibility index (Phi) is 3.70. The third-order valence-corrected chi connectivity index (χ3v) is 5.42. The molecule has 0 radical (unpaired) electrons. The van der Waals surface area contributed by atoms with Crippen LogP contribution < -0.4 is 16.3 Å². The van der Waals surface area contributed by atoms with Gasteiger partial charge in [-0.25, -0.2) is 9.80 Å². The zero-order valence-electron chi connectivity index (χ0n) is 16.5. The summed E-state index contributed by atoms with van der Waals surface area (Å²) < 4.78 is 4.57. The molecule has 0 spiro atoms. The molecule has 3 heterocycles. The van der Waals surface area contributed by atoms with Crippen molar-refractivity contribution in [3.63, 3.8) is 0 Å². The summed E-state index contributed by atoms with van der Waals surface area (Å²) in [4.78, 5) is 31.0. The second kappa shape index (κ2) is 6.16. The van der Waals surface area contributed by atoms with Gasteiger partial charge in [-0.1, -0.05) is 42.5 Å². The van der Waals surface area contributed by atoms with Crippen LogP contribution >= 0.6 is 0 Å². The van der Waals surface area contributed by atoms with E-state index in [1.54, 1.807) is 19.1 Å². The maximum absolute atomic E-state index is 13.4. The van der Waals surface area contributed by atoms with E-state index in [1.807, 2.05) is 54.0 Å². The highest BCUT2D eigenvalue weighted by Gasteiger charge is 2.25. The third kappa shape index (κ3) is 2.52. The van der Waals surface area contributed by atoms with Crippen LogP contribution in [0.3, 0.4) is 0 Å². The standard InChI is InChI=1S/C21H20N6O2/c1-13-11-26-17-18(22-20(26)25(3)23-13)24(2)21(29)27(19(17)28)12-15-9-6-8-14-7-4-5-10-16(14)15/h4-10H,11-12H2,1-3H3. The topological polar surface area (TPSA) is 77.4 Å². The molecule has 0 bridgehead atoms. The highest BCUT2D eigenvalue weighted by molar-refractivity contribution is 5.88. The lowest BCUT2D eigenvalue weighted by Gasteiger charge is -2.20. The van der Waals surface area contributed by atoms with E-state index in [1.165, 1.54) is 9.13 Å². The first-order valence-electron chi connectivity index (χ1n) is 9.40. The van der Waals surface area contributed by atoms with Gasteiger partial charge in [0.25, 0.3) is 5.56 Å². The van der Waals surface area contributed by atoms with Crippen molar-refractivity contribution in [2.45, 2.75) is 20.0 Å². The van der Waals surface area contributed by atoms with Gasteiger partial charge in [0, 0.05) is 14.1 Å². The Morgan fingerprint density at radius 1 is 1.03 bits per heavy atom. The minimum atomic E-state index is -0.383. The van der Waals surface area contributed by atoms with E-state index >= 15 is 0 Å². The zero-order valence-corrected chi connectivity index (χ0v) is 16.5. The predicted molar refractivity (Wildman–Crippen MR) is 114 cm³/mol. The van der Waals surface area contributed by atoms with Gasteiger partial charge in [0.1, 0.15) is 0 Å². The maximum Gasteiger partial charge on any atom is 0.332 e. The fourth-order valence-corrected chi connectivity index (χ4v) is 4.06. The van der Waals surface area contributed by atoms with Crippen molar-refractivity contribution in [3.8, 4) is 0 Å². The van der Waals surface area contributed by atoms with Crippen LogP contribution in [0, 0.1) is 0 Å². The van der Waals surface area contributed by atoms with E-state index in [0.717, 1.165) is 22.0 Å². The first-order valence-corrected chi connectivity index (χ1v) is 9.40. The first-order chi connectivity index (χ1) is 14.0. The van der Waals surface area contributed by atoms with Gasteiger partial charge >= 0.3 is 5.69 Å². The van der Waals surface area contributed by atoms with Crippen LogP contribution in [0.25, 0.3) is 21.9 Å². The van der Waals surface area contributed by atoms with Crippen molar-refractivity contribution >= 4 is 33.6 Å². The number of hydrogen-bond donors (Lipinski definition) is 0. The van der Waals surface area contributed by atoms with Gasteiger partial charge in [-0.05, 0) is 23.3 Å². The van der Waals surface area contributed by atoms with E-state index in [2.05, 4.69) is 10.1 Å². The van der Waals surface area contributed by atoms with Gasteiger partial charge in [0.2, 0.25) is 5.95 Å². The summed E-state index contributed by atoms with van der Waals surface area (Å²) in [5.41, 5.74) is 1.87. The summed E-state index contributed by atoms with van der Waals surface area (Å²) in [7, 11) is 3.43. The second-order valence-electron chi connectivity index (χ2n) is 7.40. The van der Waals surface area contributed by atoms with Gasteiger partial charge in [0.05, 0.1) is 18.8 Å². The molecule has 5 rings (SSSR count). The Bertz CT molecular complexity index is 1430. The Balaban J connectivity index is 1.76. The first kappa shape index (κ1) is 17.4. The summed E-state index contributed by atoms with van der Waals surface area (Å²) in [6.07, 6.45) is 0. The van der Waals surface area contributed by atoms with E-state index < -0.39 is 0 Å². The predicted octanol–water partition coefficient (Wildman–Crippen LogP) is 1.92. The molecule has 0 atom stereocenters. The van der Waals surface area contributed by atoms with Crippen LogP contribution in [-0.2, 0) is 20.1 Å². The monoisotopic (exact) mass is 388 g/mol.